The summed E-state index contributed by atoms with van der Waals surface area (Å²) in [5.74, 6) is 0. The summed E-state index contributed by atoms with van der Waals surface area (Å²) in [6.45, 7) is 0. The molecular weight excluding hydrogens is 1480 g/mol. The van der Waals surface area contributed by atoms with E-state index in [0.717, 1.165) is 172 Å². The van der Waals surface area contributed by atoms with Gasteiger partial charge in [0.1, 0.15) is 33.5 Å². The number of hydrogen-bond acceptors (Lipinski definition) is 5. The molecule has 0 N–H and O–H groups in total. The van der Waals surface area contributed by atoms with Crippen LogP contribution in [0.15, 0.2) is 462 Å². The van der Waals surface area contributed by atoms with Gasteiger partial charge in [-0.3, -0.25) is 0 Å². The molecule has 20 aromatic carbocycles. The molecular formula is C117H74N2O3. The van der Waals surface area contributed by atoms with Crippen molar-refractivity contribution in [3.63, 3.8) is 0 Å². The zero-order valence-electron chi connectivity index (χ0n) is 66.3. The van der Waals surface area contributed by atoms with Crippen molar-refractivity contribution in [3.8, 4) is 89.0 Å². The predicted octanol–water partition coefficient (Wildman–Crippen LogP) is 32.7. The minimum atomic E-state index is -0.745. The number of rotatable bonds is 15. The number of benzene rings is 20. The van der Waals surface area contributed by atoms with E-state index < -0.39 is 5.41 Å². The Labute approximate surface area is 705 Å². The first-order valence-electron chi connectivity index (χ1n) is 41.8. The maximum Gasteiger partial charge on any atom is 0.143 e. The second kappa shape index (κ2) is 28.6. The van der Waals surface area contributed by atoms with Crippen molar-refractivity contribution in [1.29, 1.82) is 0 Å². The van der Waals surface area contributed by atoms with Gasteiger partial charge in [0.2, 0.25) is 0 Å². The first-order valence-corrected chi connectivity index (χ1v) is 41.8. The van der Waals surface area contributed by atoms with E-state index in [2.05, 4.69) is 441 Å². The van der Waals surface area contributed by atoms with Crippen molar-refractivity contribution in [3.05, 3.63) is 471 Å². The average Bonchev–Trinajstić information content (AvgIpc) is 1.53. The third-order valence-electron chi connectivity index (χ3n) is 25.3. The van der Waals surface area contributed by atoms with Crippen LogP contribution >= 0.6 is 0 Å². The molecule has 5 nitrogen and oxygen atoms in total. The summed E-state index contributed by atoms with van der Waals surface area (Å²) in [5.41, 5.74) is 33.2. The van der Waals surface area contributed by atoms with Gasteiger partial charge in [0.15, 0.2) is 0 Å². The largest absolute Gasteiger partial charge is 0.456 e. The molecule has 0 spiro atoms. The summed E-state index contributed by atoms with van der Waals surface area (Å²) in [6.07, 6.45) is 0. The van der Waals surface area contributed by atoms with E-state index in [9.17, 15) is 0 Å². The Morgan fingerprint density at radius 2 is 0.598 bits per heavy atom. The maximum absolute atomic E-state index is 7.29. The quantitative estimate of drug-likeness (QED) is 0.102. The lowest BCUT2D eigenvalue weighted by molar-refractivity contribution is 0.668. The lowest BCUT2D eigenvalue weighted by Gasteiger charge is -2.35. The summed E-state index contributed by atoms with van der Waals surface area (Å²) in [6, 6.07) is 164. The molecule has 570 valence electrons. The molecule has 1 atom stereocenters. The van der Waals surface area contributed by atoms with Crippen molar-refractivity contribution in [2.24, 2.45) is 0 Å². The molecule has 3 aromatic heterocycles. The highest BCUT2D eigenvalue weighted by Crippen LogP contribution is 2.61. The molecule has 122 heavy (non-hydrogen) atoms. The molecule has 0 fully saturated rings. The van der Waals surface area contributed by atoms with Crippen LogP contribution in [-0.2, 0) is 5.41 Å². The predicted molar refractivity (Wildman–Crippen MR) is 508 cm³/mol. The molecule has 0 saturated heterocycles. The topological polar surface area (TPSA) is 45.9 Å². The van der Waals surface area contributed by atoms with Crippen LogP contribution in [0.3, 0.4) is 0 Å². The van der Waals surface area contributed by atoms with E-state index in [0.29, 0.717) is 0 Å². The van der Waals surface area contributed by atoms with Crippen LogP contribution in [0.1, 0.15) is 22.3 Å². The van der Waals surface area contributed by atoms with E-state index in [1.54, 1.807) is 0 Å². The van der Waals surface area contributed by atoms with E-state index in [-0.39, 0.29) is 0 Å². The zero-order valence-corrected chi connectivity index (χ0v) is 66.3. The Morgan fingerprint density at radius 3 is 1.27 bits per heavy atom. The normalized spacial score (nSPS) is 13.1. The van der Waals surface area contributed by atoms with Crippen molar-refractivity contribution >= 4 is 121 Å². The Morgan fingerprint density at radius 1 is 0.180 bits per heavy atom. The van der Waals surface area contributed by atoms with Crippen LogP contribution in [0.4, 0.5) is 34.1 Å². The molecule has 24 rings (SSSR count). The van der Waals surface area contributed by atoms with E-state index in [1.165, 1.54) is 60.5 Å². The highest BCUT2D eigenvalue weighted by Gasteiger charge is 2.48. The fraction of sp³-hybridized carbons (Fsp3) is 0.00855. The Bertz CT molecular complexity index is 8090. The molecule has 0 amide bonds. The monoisotopic (exact) mass is 1550 g/mol. The Hall–Kier alpha value is -16.1. The molecule has 1 aliphatic rings. The Kier molecular flexibility index (Phi) is 16.5. The molecule has 0 aliphatic heterocycles. The minimum absolute atomic E-state index is 0.745. The first kappa shape index (κ1) is 70.2. The highest BCUT2D eigenvalue weighted by molar-refractivity contribution is 6.12. The van der Waals surface area contributed by atoms with Gasteiger partial charge in [-0.1, -0.05) is 328 Å². The molecule has 3 heterocycles. The minimum Gasteiger partial charge on any atom is -0.456 e. The summed E-state index contributed by atoms with van der Waals surface area (Å²) in [5, 5.41) is 11.4. The van der Waals surface area contributed by atoms with Crippen molar-refractivity contribution in [1.82, 2.24) is 0 Å². The van der Waals surface area contributed by atoms with E-state index >= 15 is 0 Å². The van der Waals surface area contributed by atoms with Gasteiger partial charge in [-0.2, -0.15) is 0 Å². The maximum atomic E-state index is 7.29. The lowest BCUT2D eigenvalue weighted by atomic mass is 9.67. The van der Waals surface area contributed by atoms with Gasteiger partial charge in [0.05, 0.1) is 22.5 Å². The molecule has 5 heteroatoms. The SMILES string of the molecule is c1ccc(C2(c3ccc(-c4cccc5c4oc4cc(-c6ccccc6N(c6ccc(-c7cccc(-c8ccc9ccccc9c8)c7)cc6)c6ccc(-c7ccc8oc9ccccc9c8c7)cc6)ccc45)cc3)c3ccccc3-c3c(N(c4cccc(-c5ccc6ccccc6c5)c4)c4ccccc4-c4ccc5c(c4)oc4ccccc45)cccc32)cc1. The van der Waals surface area contributed by atoms with Crippen molar-refractivity contribution < 1.29 is 13.3 Å². The van der Waals surface area contributed by atoms with Gasteiger partial charge in [-0.05, 0) is 232 Å². The number of nitrogens with zero attached hydrogens (tertiary/aromatic N) is 2. The van der Waals surface area contributed by atoms with Crippen LogP contribution < -0.4 is 9.80 Å². The van der Waals surface area contributed by atoms with Gasteiger partial charge >= 0.3 is 0 Å². The second-order valence-corrected chi connectivity index (χ2v) is 32.1. The van der Waals surface area contributed by atoms with Crippen LogP contribution in [-0.4, -0.2) is 0 Å². The molecule has 0 bridgehead atoms. The van der Waals surface area contributed by atoms with E-state index in [1.807, 2.05) is 18.2 Å². The van der Waals surface area contributed by atoms with E-state index in [4.69, 9.17) is 13.3 Å². The van der Waals surface area contributed by atoms with Gasteiger partial charge in [0.25, 0.3) is 0 Å². The summed E-state index contributed by atoms with van der Waals surface area (Å²) in [4.78, 5) is 4.90. The van der Waals surface area contributed by atoms with Gasteiger partial charge in [-0.25, -0.2) is 0 Å². The number of furan rings is 3. The summed E-state index contributed by atoms with van der Waals surface area (Å²) >= 11 is 0. The average molecular weight is 1560 g/mol. The Balaban J connectivity index is 0.608. The molecule has 1 aliphatic carbocycles. The van der Waals surface area contributed by atoms with Crippen LogP contribution in [0.25, 0.3) is 176 Å². The van der Waals surface area contributed by atoms with Gasteiger partial charge in [-0.15, -0.1) is 0 Å². The summed E-state index contributed by atoms with van der Waals surface area (Å²) < 4.78 is 20.2. The molecule has 1 unspecified atom stereocenters. The lowest BCUT2D eigenvalue weighted by Crippen LogP contribution is -2.28. The van der Waals surface area contributed by atoms with Gasteiger partial charge in [0, 0.05) is 71.6 Å². The van der Waals surface area contributed by atoms with Crippen LogP contribution in [0.5, 0.6) is 0 Å². The van der Waals surface area contributed by atoms with Crippen molar-refractivity contribution in [2.45, 2.75) is 5.41 Å². The number of para-hydroxylation sites is 5. The third kappa shape index (κ3) is 11.6. The fourth-order valence-corrected chi connectivity index (χ4v) is 19.6. The fourth-order valence-electron chi connectivity index (χ4n) is 19.6. The highest BCUT2D eigenvalue weighted by atomic mass is 16.3. The van der Waals surface area contributed by atoms with Crippen LogP contribution in [0.2, 0.25) is 0 Å². The molecule has 0 radical (unpaired) electrons. The number of hydrogen-bond donors (Lipinski definition) is 0. The number of fused-ring (bicyclic) bond motifs is 14. The van der Waals surface area contributed by atoms with Crippen molar-refractivity contribution in [2.75, 3.05) is 9.80 Å². The number of anilines is 6. The second-order valence-electron chi connectivity index (χ2n) is 32.1. The van der Waals surface area contributed by atoms with Crippen LogP contribution in [0, 0.1) is 0 Å². The summed E-state index contributed by atoms with van der Waals surface area (Å²) in [7, 11) is 0. The zero-order chi connectivity index (χ0) is 80.4. The van der Waals surface area contributed by atoms with Gasteiger partial charge < -0.3 is 23.1 Å². The smallest absolute Gasteiger partial charge is 0.143 e. The molecule has 0 saturated carbocycles. The third-order valence-corrected chi connectivity index (χ3v) is 25.3. The standard InChI is InChI=1S/C117H74N2O3/c1-2-29-90(30-3-1)117(105-39-13-8-36-103(105)115-106(117)40-21-43-109(115)119(94-31-19-28-84(71-94)86-49-47-76-23-5-7-25-81(76)70-86)108-42-15-10-33-96(108)88-56-65-100-98-34-11-16-44-110(98)121-113(100)73-88)91-59-50-79(51-60-91)97-37-20-38-102-101-66-57-89(74-114(101)122-116(97)102)95-32-9-14-41-107(95)118(93-63-54-78(55-64-93)87-58-67-112-104(72-87)99-35-12-17-45-111(99)120-112)92-61-52-77(53-62-92)82-26-18-27-83(68-82)85-48-46-75-22-4-6-24-80(75)69-85/h1-74H. The molecule has 23 aromatic rings. The first-order chi connectivity index (χ1) is 60.4.